The van der Waals surface area contributed by atoms with Gasteiger partial charge in [0.2, 0.25) is 5.91 Å². The number of rotatable bonds is 6. The van der Waals surface area contributed by atoms with E-state index in [1.807, 2.05) is 54.9 Å². The van der Waals surface area contributed by atoms with Crippen LogP contribution in [-0.2, 0) is 24.9 Å². The van der Waals surface area contributed by atoms with Crippen molar-refractivity contribution in [1.29, 1.82) is 0 Å². The lowest BCUT2D eigenvalue weighted by molar-refractivity contribution is -0.116. The van der Waals surface area contributed by atoms with Gasteiger partial charge in [-0.15, -0.1) is 10.2 Å². The van der Waals surface area contributed by atoms with Gasteiger partial charge in [0, 0.05) is 31.6 Å². The zero-order valence-corrected chi connectivity index (χ0v) is 17.8. The first-order chi connectivity index (χ1) is 15.1. The normalized spacial score (nSPS) is 15.9. The van der Waals surface area contributed by atoms with E-state index in [1.54, 1.807) is 0 Å². The number of benzene rings is 2. The van der Waals surface area contributed by atoms with E-state index in [4.69, 9.17) is 4.99 Å². The van der Waals surface area contributed by atoms with Crippen molar-refractivity contribution in [3.8, 4) is 0 Å². The number of carbonyl (C=O) groups is 1. The number of hydrogen-bond acceptors (Lipinski definition) is 4. The second-order valence-corrected chi connectivity index (χ2v) is 7.64. The molecule has 3 aromatic rings. The molecule has 160 valence electrons. The van der Waals surface area contributed by atoms with Crippen molar-refractivity contribution in [2.75, 3.05) is 11.9 Å². The first kappa shape index (κ1) is 20.6. The molecule has 1 aromatic heterocycles. The van der Waals surface area contributed by atoms with E-state index >= 15 is 0 Å². The molecule has 4 rings (SSSR count). The number of para-hydroxylation sites is 1. The third-order valence-electron chi connectivity index (χ3n) is 5.48. The molecular formula is C23H27N7O. The minimum atomic E-state index is 0.0378. The Bertz CT molecular complexity index is 1070. The summed E-state index contributed by atoms with van der Waals surface area (Å²) >= 11 is 0. The Balaban J connectivity index is 1.47. The summed E-state index contributed by atoms with van der Waals surface area (Å²) < 4.78 is 1.95. The van der Waals surface area contributed by atoms with Crippen molar-refractivity contribution >= 4 is 17.6 Å². The summed E-state index contributed by atoms with van der Waals surface area (Å²) in [7, 11) is 1.94. The summed E-state index contributed by atoms with van der Waals surface area (Å²) in [5.74, 6) is 2.47. The minimum absolute atomic E-state index is 0.0378. The molecule has 31 heavy (non-hydrogen) atoms. The first-order valence-electron chi connectivity index (χ1n) is 10.4. The molecule has 0 saturated carbocycles. The van der Waals surface area contributed by atoms with Gasteiger partial charge in [-0.1, -0.05) is 48.5 Å². The fourth-order valence-electron chi connectivity index (χ4n) is 3.60. The summed E-state index contributed by atoms with van der Waals surface area (Å²) in [5.41, 5.74) is 3.15. The molecule has 1 unspecified atom stereocenters. The number of hydrogen-bond donors (Lipinski definition) is 3. The SMILES string of the molecule is Cc1nnc(CNC(=NCc2ccccc2)NCC2CC(=O)Nc3ccccc32)n1C. The fraction of sp³-hybridized carbons (Fsp3) is 0.304. The number of nitrogens with zero attached hydrogens (tertiary/aromatic N) is 4. The molecule has 3 N–H and O–H groups in total. The molecule has 1 atom stereocenters. The van der Waals surface area contributed by atoms with E-state index in [-0.39, 0.29) is 11.8 Å². The van der Waals surface area contributed by atoms with Crippen molar-refractivity contribution in [2.24, 2.45) is 12.0 Å². The van der Waals surface area contributed by atoms with E-state index < -0.39 is 0 Å². The van der Waals surface area contributed by atoms with Crippen LogP contribution in [0.5, 0.6) is 0 Å². The smallest absolute Gasteiger partial charge is 0.225 e. The topological polar surface area (TPSA) is 96.2 Å². The highest BCUT2D eigenvalue weighted by molar-refractivity contribution is 5.94. The van der Waals surface area contributed by atoms with E-state index in [1.165, 1.54) is 0 Å². The number of amides is 1. The lowest BCUT2D eigenvalue weighted by atomic mass is 9.90. The molecule has 1 aliphatic heterocycles. The third-order valence-corrected chi connectivity index (χ3v) is 5.48. The summed E-state index contributed by atoms with van der Waals surface area (Å²) in [6.45, 7) is 3.57. The Morgan fingerprint density at radius 3 is 2.68 bits per heavy atom. The number of guanidine groups is 1. The van der Waals surface area contributed by atoms with Crippen LogP contribution in [-0.4, -0.2) is 33.2 Å². The molecule has 8 nitrogen and oxygen atoms in total. The molecule has 1 amide bonds. The van der Waals surface area contributed by atoms with Gasteiger partial charge in [-0.25, -0.2) is 4.99 Å². The number of nitrogens with one attached hydrogen (secondary N) is 3. The van der Waals surface area contributed by atoms with Crippen LogP contribution in [0, 0.1) is 6.92 Å². The average molecular weight is 418 g/mol. The van der Waals surface area contributed by atoms with Gasteiger partial charge in [-0.05, 0) is 24.1 Å². The quantitative estimate of drug-likeness (QED) is 0.423. The fourth-order valence-corrected chi connectivity index (χ4v) is 3.60. The minimum Gasteiger partial charge on any atom is -0.356 e. The van der Waals surface area contributed by atoms with Crippen molar-refractivity contribution in [3.05, 3.63) is 77.4 Å². The van der Waals surface area contributed by atoms with Gasteiger partial charge in [-0.3, -0.25) is 4.79 Å². The van der Waals surface area contributed by atoms with Crippen LogP contribution in [0.25, 0.3) is 0 Å². The number of aryl methyl sites for hydroxylation is 1. The third kappa shape index (κ3) is 5.09. The number of aromatic nitrogens is 3. The molecule has 2 heterocycles. The molecule has 0 radical (unpaired) electrons. The summed E-state index contributed by atoms with van der Waals surface area (Å²) in [4.78, 5) is 16.9. The number of anilines is 1. The van der Waals surface area contributed by atoms with Gasteiger partial charge in [0.05, 0.1) is 13.1 Å². The lowest BCUT2D eigenvalue weighted by Crippen LogP contribution is -2.41. The Hall–Kier alpha value is -3.68. The maximum atomic E-state index is 12.1. The maximum absolute atomic E-state index is 12.1. The largest absolute Gasteiger partial charge is 0.356 e. The molecule has 0 fully saturated rings. The van der Waals surface area contributed by atoms with Crippen molar-refractivity contribution < 1.29 is 4.79 Å². The van der Waals surface area contributed by atoms with E-state index in [0.29, 0.717) is 32.0 Å². The van der Waals surface area contributed by atoms with Crippen LogP contribution in [0.2, 0.25) is 0 Å². The predicted octanol–water partition coefficient (Wildman–Crippen LogP) is 2.48. The molecule has 0 aliphatic carbocycles. The molecule has 0 bridgehead atoms. The second kappa shape index (κ2) is 9.42. The molecule has 2 aromatic carbocycles. The van der Waals surface area contributed by atoms with E-state index in [9.17, 15) is 4.79 Å². The average Bonchev–Trinajstić information content (AvgIpc) is 3.11. The van der Waals surface area contributed by atoms with Crippen LogP contribution in [0.1, 0.15) is 35.1 Å². The summed E-state index contributed by atoms with van der Waals surface area (Å²) in [6, 6.07) is 18.1. The van der Waals surface area contributed by atoms with E-state index in [2.05, 4.69) is 44.3 Å². The zero-order valence-electron chi connectivity index (χ0n) is 17.8. The highest BCUT2D eigenvalue weighted by Crippen LogP contribution is 2.31. The Kier molecular flexibility index (Phi) is 6.26. The van der Waals surface area contributed by atoms with Gasteiger partial charge in [-0.2, -0.15) is 0 Å². The van der Waals surface area contributed by atoms with Crippen molar-refractivity contribution in [2.45, 2.75) is 32.4 Å². The van der Waals surface area contributed by atoms with Crippen LogP contribution < -0.4 is 16.0 Å². The van der Waals surface area contributed by atoms with Crippen molar-refractivity contribution in [1.82, 2.24) is 25.4 Å². The molecule has 8 heteroatoms. The first-order valence-corrected chi connectivity index (χ1v) is 10.4. The van der Waals surface area contributed by atoms with Crippen molar-refractivity contribution in [3.63, 3.8) is 0 Å². The van der Waals surface area contributed by atoms with E-state index in [0.717, 1.165) is 28.5 Å². The summed E-state index contributed by atoms with van der Waals surface area (Å²) in [6.07, 6.45) is 0.443. The molecule has 0 saturated heterocycles. The number of aliphatic imine (C=N–C) groups is 1. The van der Waals surface area contributed by atoms with Crippen LogP contribution in [0.4, 0.5) is 5.69 Å². The van der Waals surface area contributed by atoms with Crippen LogP contribution in [0.15, 0.2) is 59.6 Å². The summed E-state index contributed by atoms with van der Waals surface area (Å²) in [5, 5.41) is 18.0. The van der Waals surface area contributed by atoms with Gasteiger partial charge in [0.15, 0.2) is 11.8 Å². The molecule has 0 spiro atoms. The monoisotopic (exact) mass is 417 g/mol. The van der Waals surface area contributed by atoms with Crippen LogP contribution in [0.3, 0.4) is 0 Å². The zero-order chi connectivity index (χ0) is 21.6. The molecular weight excluding hydrogens is 390 g/mol. The predicted molar refractivity (Wildman–Crippen MR) is 121 cm³/mol. The highest BCUT2D eigenvalue weighted by atomic mass is 16.1. The Morgan fingerprint density at radius 1 is 1.13 bits per heavy atom. The highest BCUT2D eigenvalue weighted by Gasteiger charge is 2.24. The second-order valence-electron chi connectivity index (χ2n) is 7.64. The standard InChI is InChI=1S/C23H27N7O/c1-16-28-29-21(30(16)2)15-26-23(24-13-17-8-4-3-5-9-17)25-14-18-12-22(31)27-20-11-7-6-10-19(18)20/h3-11,18H,12-15H2,1-2H3,(H,27,31)(H2,24,25,26). The van der Waals surface area contributed by atoms with Gasteiger partial charge in [0.25, 0.3) is 0 Å². The maximum Gasteiger partial charge on any atom is 0.225 e. The number of fused-ring (bicyclic) bond motifs is 1. The van der Waals surface area contributed by atoms with Gasteiger partial charge >= 0.3 is 0 Å². The van der Waals surface area contributed by atoms with Gasteiger partial charge < -0.3 is 20.5 Å². The van der Waals surface area contributed by atoms with Gasteiger partial charge in [0.1, 0.15) is 5.82 Å². The lowest BCUT2D eigenvalue weighted by Gasteiger charge is -2.26. The Labute approximate surface area is 181 Å². The van der Waals surface area contributed by atoms with Crippen LogP contribution >= 0.6 is 0 Å². The number of carbonyl (C=O) groups excluding carboxylic acids is 1. The molecule has 1 aliphatic rings. The Morgan fingerprint density at radius 2 is 1.90 bits per heavy atom.